The quantitative estimate of drug-likeness (QED) is 0.585. The van der Waals surface area contributed by atoms with Crippen LogP contribution in [-0.2, 0) is 24.1 Å². The number of methoxy groups -OCH3 is 1. The van der Waals surface area contributed by atoms with E-state index in [4.69, 9.17) is 9.72 Å². The molecule has 0 saturated carbocycles. The fourth-order valence-electron chi connectivity index (χ4n) is 5.05. The average molecular weight is 428 g/mol. The highest BCUT2D eigenvalue weighted by Crippen LogP contribution is 2.29. The summed E-state index contributed by atoms with van der Waals surface area (Å²) in [6.45, 7) is 10.8. The molecule has 2 aliphatic rings. The van der Waals surface area contributed by atoms with E-state index >= 15 is 0 Å². The molecule has 0 radical (unpaired) electrons. The molecule has 1 aliphatic heterocycles. The standard InChI is InChI=1S/C25H37N3OS/c1-19(2)24-18-30-25(26-24)17-27(11-12-29-3)15-20-7-6-10-28(16-20)23-13-21-8-4-5-9-22(21)14-23/h4-5,8-9,18-20,23H,6-7,10-17H2,1-3H3/t20-/m1/s1. The first-order valence-corrected chi connectivity index (χ1v) is 12.5. The van der Waals surface area contributed by atoms with E-state index in [2.05, 4.69) is 53.3 Å². The predicted octanol–water partition coefficient (Wildman–Crippen LogP) is 4.59. The number of likely N-dealkylation sites (tertiary alicyclic amines) is 1. The average Bonchev–Trinajstić information content (AvgIpc) is 3.39. The van der Waals surface area contributed by atoms with E-state index in [1.807, 2.05) is 11.3 Å². The van der Waals surface area contributed by atoms with Crippen LogP contribution in [0.2, 0.25) is 0 Å². The minimum atomic E-state index is 0.505. The van der Waals surface area contributed by atoms with Crippen LogP contribution in [0, 0.1) is 5.92 Å². The summed E-state index contributed by atoms with van der Waals surface area (Å²) in [5.74, 6) is 1.24. The maximum absolute atomic E-state index is 5.41. The summed E-state index contributed by atoms with van der Waals surface area (Å²) in [6.07, 6.45) is 5.12. The molecule has 1 aromatic heterocycles. The van der Waals surface area contributed by atoms with Gasteiger partial charge in [-0.1, -0.05) is 38.1 Å². The SMILES string of the molecule is COCCN(Cc1nc(C(C)C)cs1)C[C@H]1CCCN(C2Cc3ccccc3C2)C1. The molecule has 5 heteroatoms. The number of piperidine rings is 1. The first kappa shape index (κ1) is 21.9. The van der Waals surface area contributed by atoms with Gasteiger partial charge in [0.25, 0.3) is 0 Å². The summed E-state index contributed by atoms with van der Waals surface area (Å²) in [4.78, 5) is 10.2. The molecule has 0 N–H and O–H groups in total. The molecule has 4 nitrogen and oxygen atoms in total. The lowest BCUT2D eigenvalue weighted by Gasteiger charge is -2.38. The van der Waals surface area contributed by atoms with Crippen LogP contribution in [0.5, 0.6) is 0 Å². The van der Waals surface area contributed by atoms with Crippen LogP contribution in [-0.4, -0.2) is 60.7 Å². The number of hydrogen-bond donors (Lipinski definition) is 0. The normalized spacial score (nSPS) is 20.4. The third-order valence-electron chi connectivity index (χ3n) is 6.74. The molecule has 0 bridgehead atoms. The summed E-state index contributed by atoms with van der Waals surface area (Å²) in [5.41, 5.74) is 4.36. The number of benzene rings is 1. The molecule has 1 fully saturated rings. The molecule has 1 atom stereocenters. The van der Waals surface area contributed by atoms with Crippen LogP contribution in [0.4, 0.5) is 0 Å². The zero-order valence-electron chi connectivity index (χ0n) is 18.8. The fraction of sp³-hybridized carbons (Fsp3) is 0.640. The number of aromatic nitrogens is 1. The first-order valence-electron chi connectivity index (χ1n) is 11.6. The van der Waals surface area contributed by atoms with E-state index in [1.54, 1.807) is 18.2 Å². The van der Waals surface area contributed by atoms with Gasteiger partial charge in [-0.25, -0.2) is 4.98 Å². The van der Waals surface area contributed by atoms with Crippen LogP contribution in [0.25, 0.3) is 0 Å². The molecule has 1 aromatic carbocycles. The number of hydrogen-bond acceptors (Lipinski definition) is 5. The summed E-state index contributed by atoms with van der Waals surface area (Å²) >= 11 is 1.81. The molecular weight excluding hydrogens is 390 g/mol. The Balaban J connectivity index is 1.35. The highest BCUT2D eigenvalue weighted by molar-refractivity contribution is 7.09. The third-order valence-corrected chi connectivity index (χ3v) is 7.60. The van der Waals surface area contributed by atoms with Crippen molar-refractivity contribution in [1.82, 2.24) is 14.8 Å². The van der Waals surface area contributed by atoms with Crippen molar-refractivity contribution >= 4 is 11.3 Å². The molecule has 2 aromatic rings. The second-order valence-electron chi connectivity index (χ2n) is 9.38. The predicted molar refractivity (Wildman–Crippen MR) is 125 cm³/mol. The number of ether oxygens (including phenoxy) is 1. The van der Waals surface area contributed by atoms with Crippen LogP contribution in [0.15, 0.2) is 29.6 Å². The molecule has 0 unspecified atom stereocenters. The maximum Gasteiger partial charge on any atom is 0.107 e. The monoisotopic (exact) mass is 427 g/mol. The second kappa shape index (κ2) is 10.4. The molecule has 0 spiro atoms. The summed E-state index contributed by atoms with van der Waals surface area (Å²) < 4.78 is 5.41. The van der Waals surface area contributed by atoms with Crippen molar-refractivity contribution in [2.45, 2.75) is 58.0 Å². The molecular formula is C25H37N3OS. The Morgan fingerprint density at radius 2 is 2.00 bits per heavy atom. The maximum atomic E-state index is 5.41. The van der Waals surface area contributed by atoms with Gasteiger partial charge in [0.05, 0.1) is 18.8 Å². The minimum absolute atomic E-state index is 0.505. The Labute approximate surface area is 186 Å². The van der Waals surface area contributed by atoms with Gasteiger partial charge in [0, 0.05) is 38.2 Å². The Kier molecular flexibility index (Phi) is 7.58. The Bertz CT molecular complexity index is 780. The lowest BCUT2D eigenvalue weighted by atomic mass is 9.95. The van der Waals surface area contributed by atoms with Gasteiger partial charge >= 0.3 is 0 Å². The molecule has 0 amide bonds. The fourth-order valence-corrected chi connectivity index (χ4v) is 6.04. The van der Waals surface area contributed by atoms with E-state index in [-0.39, 0.29) is 0 Å². The summed E-state index contributed by atoms with van der Waals surface area (Å²) in [5, 5.41) is 3.47. The van der Waals surface area contributed by atoms with Gasteiger partial charge in [0.15, 0.2) is 0 Å². The summed E-state index contributed by atoms with van der Waals surface area (Å²) in [6, 6.07) is 9.73. The van der Waals surface area contributed by atoms with Crippen molar-refractivity contribution in [3.8, 4) is 0 Å². The molecule has 4 rings (SSSR count). The Hall–Kier alpha value is -1.27. The van der Waals surface area contributed by atoms with Crippen molar-refractivity contribution in [2.24, 2.45) is 5.92 Å². The van der Waals surface area contributed by atoms with Gasteiger partial charge in [-0.3, -0.25) is 9.80 Å². The van der Waals surface area contributed by atoms with Crippen molar-refractivity contribution in [2.75, 3.05) is 39.9 Å². The van der Waals surface area contributed by atoms with E-state index in [0.717, 1.165) is 32.2 Å². The van der Waals surface area contributed by atoms with Gasteiger partial charge in [-0.05, 0) is 55.2 Å². The van der Waals surface area contributed by atoms with Gasteiger partial charge in [-0.2, -0.15) is 0 Å². The highest BCUT2D eigenvalue weighted by atomic mass is 32.1. The van der Waals surface area contributed by atoms with Crippen molar-refractivity contribution in [3.63, 3.8) is 0 Å². The van der Waals surface area contributed by atoms with Crippen LogP contribution >= 0.6 is 11.3 Å². The number of fused-ring (bicyclic) bond motifs is 1. The van der Waals surface area contributed by atoms with E-state index in [0.29, 0.717) is 12.0 Å². The van der Waals surface area contributed by atoms with Crippen molar-refractivity contribution in [3.05, 3.63) is 51.5 Å². The zero-order valence-corrected chi connectivity index (χ0v) is 19.7. The van der Waals surface area contributed by atoms with Crippen molar-refractivity contribution in [1.29, 1.82) is 0 Å². The minimum Gasteiger partial charge on any atom is -0.383 e. The zero-order chi connectivity index (χ0) is 20.9. The Morgan fingerprint density at radius 3 is 2.67 bits per heavy atom. The smallest absolute Gasteiger partial charge is 0.107 e. The lowest BCUT2D eigenvalue weighted by Crippen LogP contribution is -2.46. The van der Waals surface area contributed by atoms with Crippen LogP contribution < -0.4 is 0 Å². The van der Waals surface area contributed by atoms with Crippen LogP contribution in [0.1, 0.15) is 54.4 Å². The molecule has 164 valence electrons. The first-order chi connectivity index (χ1) is 14.6. The second-order valence-corrected chi connectivity index (χ2v) is 10.3. The van der Waals surface area contributed by atoms with Crippen LogP contribution in [0.3, 0.4) is 0 Å². The largest absolute Gasteiger partial charge is 0.383 e. The Morgan fingerprint density at radius 1 is 1.23 bits per heavy atom. The molecule has 1 saturated heterocycles. The van der Waals surface area contributed by atoms with E-state index < -0.39 is 0 Å². The molecule has 30 heavy (non-hydrogen) atoms. The number of rotatable bonds is 9. The van der Waals surface area contributed by atoms with E-state index in [9.17, 15) is 0 Å². The van der Waals surface area contributed by atoms with Gasteiger partial charge in [0.2, 0.25) is 0 Å². The van der Waals surface area contributed by atoms with Crippen molar-refractivity contribution < 1.29 is 4.74 Å². The van der Waals surface area contributed by atoms with E-state index in [1.165, 1.54) is 49.5 Å². The highest BCUT2D eigenvalue weighted by Gasteiger charge is 2.31. The van der Waals surface area contributed by atoms with Gasteiger partial charge in [0.1, 0.15) is 5.01 Å². The summed E-state index contributed by atoms with van der Waals surface area (Å²) in [7, 11) is 1.80. The third kappa shape index (κ3) is 5.50. The number of nitrogens with zero attached hydrogens (tertiary/aromatic N) is 3. The lowest BCUT2D eigenvalue weighted by molar-refractivity contribution is 0.0843. The topological polar surface area (TPSA) is 28.6 Å². The van der Waals surface area contributed by atoms with Gasteiger partial charge in [-0.15, -0.1) is 11.3 Å². The molecule has 2 heterocycles. The number of thiazole rings is 1. The van der Waals surface area contributed by atoms with Gasteiger partial charge < -0.3 is 4.74 Å². The molecule has 1 aliphatic carbocycles.